The summed E-state index contributed by atoms with van der Waals surface area (Å²) in [5.41, 5.74) is 8.43. The molecular weight excluding hydrogens is 270 g/mol. The summed E-state index contributed by atoms with van der Waals surface area (Å²) in [4.78, 5) is 0. The van der Waals surface area contributed by atoms with Crippen molar-refractivity contribution in [3.63, 3.8) is 0 Å². The minimum atomic E-state index is -0.156. The predicted molar refractivity (Wildman–Crippen MR) is 84.4 cm³/mol. The molecule has 0 aliphatic heterocycles. The highest BCUT2D eigenvalue weighted by molar-refractivity contribution is 6.30. The Hall–Kier alpha value is -1.51. The highest BCUT2D eigenvalue weighted by atomic mass is 35.5. The molecule has 106 valence electrons. The van der Waals surface area contributed by atoms with Gasteiger partial charge in [-0.25, -0.2) is 0 Å². The van der Waals surface area contributed by atoms with E-state index in [4.69, 9.17) is 22.1 Å². The minimum absolute atomic E-state index is 0.156. The number of hydrogen-bond acceptors (Lipinski definition) is 2. The lowest BCUT2D eigenvalue weighted by Crippen LogP contribution is -2.18. The maximum absolute atomic E-state index is 6.10. The van der Waals surface area contributed by atoms with E-state index < -0.39 is 0 Å². The second kappa shape index (κ2) is 6.78. The Kier molecular flexibility index (Phi) is 5.05. The van der Waals surface area contributed by atoms with Gasteiger partial charge in [-0.2, -0.15) is 0 Å². The van der Waals surface area contributed by atoms with E-state index in [0.717, 1.165) is 11.3 Å². The van der Waals surface area contributed by atoms with E-state index in [1.165, 1.54) is 5.56 Å². The molecule has 1 unspecified atom stereocenters. The van der Waals surface area contributed by atoms with Gasteiger partial charge < -0.3 is 10.5 Å². The van der Waals surface area contributed by atoms with Gasteiger partial charge in [-0.15, -0.1) is 0 Å². The van der Waals surface area contributed by atoms with Crippen LogP contribution >= 0.6 is 11.6 Å². The molecule has 3 heteroatoms. The van der Waals surface area contributed by atoms with E-state index in [2.05, 4.69) is 26.0 Å². The molecule has 0 radical (unpaired) electrons. The van der Waals surface area contributed by atoms with E-state index >= 15 is 0 Å². The summed E-state index contributed by atoms with van der Waals surface area (Å²) < 4.78 is 5.73. The molecule has 2 aromatic rings. The normalized spacial score (nSPS) is 12.4. The van der Waals surface area contributed by atoms with Crippen molar-refractivity contribution in [2.75, 3.05) is 6.61 Å². The molecule has 0 aliphatic rings. The number of halogens is 1. The lowest BCUT2D eigenvalue weighted by atomic mass is 10.0. The Bertz CT molecular complexity index is 534. The van der Waals surface area contributed by atoms with Crippen molar-refractivity contribution >= 4 is 11.6 Å². The highest BCUT2D eigenvalue weighted by Gasteiger charge is 2.07. The van der Waals surface area contributed by atoms with Gasteiger partial charge in [0.05, 0.1) is 6.04 Å². The SMILES string of the molecule is CC(C)c1ccc(OCC(N)c2ccc(Cl)cc2)cc1. The highest BCUT2D eigenvalue weighted by Crippen LogP contribution is 2.20. The van der Waals surface area contributed by atoms with Crippen molar-refractivity contribution in [2.24, 2.45) is 5.73 Å². The third kappa shape index (κ3) is 3.99. The third-order valence-corrected chi connectivity index (χ3v) is 3.53. The second-order valence-electron chi connectivity index (χ2n) is 5.19. The lowest BCUT2D eigenvalue weighted by Gasteiger charge is -2.14. The zero-order chi connectivity index (χ0) is 14.5. The van der Waals surface area contributed by atoms with Gasteiger partial charge in [-0.05, 0) is 41.3 Å². The Balaban J connectivity index is 1.92. The smallest absolute Gasteiger partial charge is 0.119 e. The monoisotopic (exact) mass is 289 g/mol. The van der Waals surface area contributed by atoms with Crippen molar-refractivity contribution < 1.29 is 4.74 Å². The van der Waals surface area contributed by atoms with Gasteiger partial charge in [0.1, 0.15) is 12.4 Å². The molecular formula is C17H20ClNO. The van der Waals surface area contributed by atoms with Crippen LogP contribution in [0.3, 0.4) is 0 Å². The van der Waals surface area contributed by atoms with Gasteiger partial charge >= 0.3 is 0 Å². The number of benzene rings is 2. The van der Waals surface area contributed by atoms with Crippen LogP contribution in [0.4, 0.5) is 0 Å². The van der Waals surface area contributed by atoms with Crippen molar-refractivity contribution in [3.8, 4) is 5.75 Å². The first kappa shape index (κ1) is 14.9. The summed E-state index contributed by atoms with van der Waals surface area (Å²) in [6.07, 6.45) is 0. The van der Waals surface area contributed by atoms with E-state index in [9.17, 15) is 0 Å². The fourth-order valence-electron chi connectivity index (χ4n) is 1.94. The number of ether oxygens (including phenoxy) is 1. The molecule has 0 saturated heterocycles. The standard InChI is InChI=1S/C17H20ClNO/c1-12(2)13-5-9-16(10-6-13)20-11-17(19)14-3-7-15(18)8-4-14/h3-10,12,17H,11,19H2,1-2H3. The maximum Gasteiger partial charge on any atom is 0.119 e. The molecule has 0 bridgehead atoms. The summed E-state index contributed by atoms with van der Waals surface area (Å²) in [6.45, 7) is 4.79. The predicted octanol–water partition coefficient (Wildman–Crippen LogP) is 4.54. The molecule has 0 saturated carbocycles. The topological polar surface area (TPSA) is 35.2 Å². The van der Waals surface area contributed by atoms with Crippen LogP contribution in [-0.2, 0) is 0 Å². The summed E-state index contributed by atoms with van der Waals surface area (Å²) in [7, 11) is 0. The van der Waals surface area contributed by atoms with E-state index in [1.54, 1.807) is 0 Å². The third-order valence-electron chi connectivity index (χ3n) is 3.27. The lowest BCUT2D eigenvalue weighted by molar-refractivity contribution is 0.290. The summed E-state index contributed by atoms with van der Waals surface area (Å²) in [6, 6.07) is 15.5. The van der Waals surface area contributed by atoms with Gasteiger partial charge in [0, 0.05) is 5.02 Å². The van der Waals surface area contributed by atoms with Crippen molar-refractivity contribution in [3.05, 3.63) is 64.7 Å². The van der Waals surface area contributed by atoms with Crippen LogP contribution in [0, 0.1) is 0 Å². The zero-order valence-corrected chi connectivity index (χ0v) is 12.6. The largest absolute Gasteiger partial charge is 0.492 e. The molecule has 1 atom stereocenters. The van der Waals surface area contributed by atoms with Gasteiger partial charge in [-0.3, -0.25) is 0 Å². The van der Waals surface area contributed by atoms with E-state index in [0.29, 0.717) is 17.5 Å². The Labute approximate surface area is 125 Å². The van der Waals surface area contributed by atoms with Crippen LogP contribution in [0.25, 0.3) is 0 Å². The Morgan fingerprint density at radius 1 is 0.950 bits per heavy atom. The van der Waals surface area contributed by atoms with Crippen molar-refractivity contribution in [1.29, 1.82) is 0 Å². The molecule has 0 amide bonds. The van der Waals surface area contributed by atoms with Crippen LogP contribution in [0.15, 0.2) is 48.5 Å². The molecule has 0 spiro atoms. The molecule has 0 aromatic heterocycles. The molecule has 20 heavy (non-hydrogen) atoms. The van der Waals surface area contributed by atoms with E-state index in [1.807, 2.05) is 36.4 Å². The average Bonchev–Trinajstić information content (AvgIpc) is 2.46. The van der Waals surface area contributed by atoms with Crippen molar-refractivity contribution in [2.45, 2.75) is 25.8 Å². The minimum Gasteiger partial charge on any atom is -0.492 e. The van der Waals surface area contributed by atoms with Gasteiger partial charge in [0.25, 0.3) is 0 Å². The van der Waals surface area contributed by atoms with Crippen LogP contribution < -0.4 is 10.5 Å². The molecule has 2 N–H and O–H groups in total. The number of rotatable bonds is 5. The molecule has 2 aromatic carbocycles. The summed E-state index contributed by atoms with van der Waals surface area (Å²) in [5.74, 6) is 1.37. The fourth-order valence-corrected chi connectivity index (χ4v) is 2.07. The Morgan fingerprint density at radius 2 is 1.50 bits per heavy atom. The second-order valence-corrected chi connectivity index (χ2v) is 5.63. The van der Waals surface area contributed by atoms with Gasteiger partial charge in [0.2, 0.25) is 0 Å². The quantitative estimate of drug-likeness (QED) is 0.877. The number of nitrogens with two attached hydrogens (primary N) is 1. The molecule has 0 aliphatic carbocycles. The molecule has 0 fully saturated rings. The molecule has 2 nitrogen and oxygen atoms in total. The van der Waals surface area contributed by atoms with Gasteiger partial charge in [0.15, 0.2) is 0 Å². The van der Waals surface area contributed by atoms with Crippen molar-refractivity contribution in [1.82, 2.24) is 0 Å². The summed E-state index contributed by atoms with van der Waals surface area (Å²) >= 11 is 5.86. The number of hydrogen-bond donors (Lipinski definition) is 1. The van der Waals surface area contributed by atoms with Crippen LogP contribution in [0.5, 0.6) is 5.75 Å². The van der Waals surface area contributed by atoms with Crippen LogP contribution in [0.1, 0.15) is 36.9 Å². The first-order chi connectivity index (χ1) is 9.56. The molecule has 2 rings (SSSR count). The van der Waals surface area contributed by atoms with Crippen LogP contribution in [0.2, 0.25) is 5.02 Å². The fraction of sp³-hybridized carbons (Fsp3) is 0.294. The zero-order valence-electron chi connectivity index (χ0n) is 11.8. The molecule has 0 heterocycles. The first-order valence-corrected chi connectivity index (χ1v) is 7.18. The first-order valence-electron chi connectivity index (χ1n) is 6.80. The maximum atomic E-state index is 6.10. The summed E-state index contributed by atoms with van der Waals surface area (Å²) in [5, 5.41) is 0.714. The average molecular weight is 290 g/mol. The van der Waals surface area contributed by atoms with Gasteiger partial charge in [-0.1, -0.05) is 49.7 Å². The van der Waals surface area contributed by atoms with E-state index in [-0.39, 0.29) is 6.04 Å². The Morgan fingerprint density at radius 3 is 2.05 bits per heavy atom. The van der Waals surface area contributed by atoms with Crippen LogP contribution in [-0.4, -0.2) is 6.61 Å².